The summed E-state index contributed by atoms with van der Waals surface area (Å²) in [6.07, 6.45) is -3.22. The summed E-state index contributed by atoms with van der Waals surface area (Å²) < 4.78 is 68.5. The zero-order valence-corrected chi connectivity index (χ0v) is 19.7. The zero-order chi connectivity index (χ0) is 25.2. The van der Waals surface area contributed by atoms with E-state index < -0.39 is 18.1 Å². The molecule has 0 atom stereocenters. The lowest BCUT2D eigenvalue weighted by Gasteiger charge is -2.12. The number of hydrogen-bond acceptors (Lipinski definition) is 5. The Balaban J connectivity index is 1.35. The molecule has 0 amide bonds. The molecule has 1 N–H and O–H groups in total. The molecule has 0 aliphatic rings. The molecule has 0 bridgehead atoms. The van der Waals surface area contributed by atoms with Crippen molar-refractivity contribution >= 4 is 27.4 Å². The van der Waals surface area contributed by atoms with E-state index in [1.54, 1.807) is 12.1 Å². The molecule has 35 heavy (non-hydrogen) atoms. The number of halogens is 5. The van der Waals surface area contributed by atoms with Crippen LogP contribution in [0.3, 0.4) is 0 Å². The summed E-state index contributed by atoms with van der Waals surface area (Å²) >= 11 is 1.35. The minimum atomic E-state index is -4.72. The number of aryl methyl sites for hydroxylation is 2. The summed E-state index contributed by atoms with van der Waals surface area (Å²) in [5.74, 6) is -3.48. The third kappa shape index (κ3) is 6.45. The van der Waals surface area contributed by atoms with Gasteiger partial charge in [-0.25, -0.2) is 9.97 Å². The number of nitrogens with one attached hydrogen (secondary N) is 1. The number of rotatable bonds is 8. The molecule has 4 nitrogen and oxygen atoms in total. The number of hydrogen-bond donors (Lipinski definition) is 1. The van der Waals surface area contributed by atoms with Gasteiger partial charge in [-0.15, -0.1) is 24.5 Å². The molecule has 0 spiro atoms. The van der Waals surface area contributed by atoms with Crippen molar-refractivity contribution in [3.63, 3.8) is 0 Å². The van der Waals surface area contributed by atoms with Gasteiger partial charge in [-0.2, -0.15) is 8.78 Å². The van der Waals surface area contributed by atoms with Crippen molar-refractivity contribution in [3.8, 4) is 16.9 Å². The van der Waals surface area contributed by atoms with Crippen LogP contribution in [0.4, 0.5) is 27.8 Å². The number of ether oxygens (including phenoxy) is 1. The SMILES string of the molecule is Cc1cc2c(NCCCc3ccc(-c4ccc(OC(F)(F)F)cc4)cc3)nc(C(C)(F)F)nc2s1. The summed E-state index contributed by atoms with van der Waals surface area (Å²) in [6, 6.07) is 15.3. The molecule has 2 aromatic carbocycles. The fourth-order valence-corrected chi connectivity index (χ4v) is 4.46. The van der Waals surface area contributed by atoms with E-state index in [2.05, 4.69) is 20.0 Å². The first-order valence-electron chi connectivity index (χ1n) is 10.8. The molecule has 4 rings (SSSR count). The number of nitrogens with zero attached hydrogens (tertiary/aromatic N) is 2. The summed E-state index contributed by atoms with van der Waals surface area (Å²) in [4.78, 5) is 9.58. The van der Waals surface area contributed by atoms with Gasteiger partial charge in [0.2, 0.25) is 5.82 Å². The summed E-state index contributed by atoms with van der Waals surface area (Å²) in [7, 11) is 0. The van der Waals surface area contributed by atoms with E-state index in [0.29, 0.717) is 17.2 Å². The van der Waals surface area contributed by atoms with E-state index in [9.17, 15) is 22.0 Å². The highest BCUT2D eigenvalue weighted by Gasteiger charge is 2.31. The number of thiophene rings is 1. The van der Waals surface area contributed by atoms with Gasteiger partial charge in [-0.3, -0.25) is 0 Å². The van der Waals surface area contributed by atoms with E-state index in [4.69, 9.17) is 0 Å². The van der Waals surface area contributed by atoms with Crippen LogP contribution < -0.4 is 10.1 Å². The van der Waals surface area contributed by atoms with Gasteiger partial charge in [-0.1, -0.05) is 36.4 Å². The van der Waals surface area contributed by atoms with Gasteiger partial charge in [0.1, 0.15) is 16.4 Å². The van der Waals surface area contributed by atoms with Gasteiger partial charge in [0.15, 0.2) is 0 Å². The number of alkyl halides is 5. The molecular weight excluding hydrogens is 485 g/mol. The van der Waals surface area contributed by atoms with E-state index in [1.165, 1.54) is 23.5 Å². The molecule has 0 unspecified atom stereocenters. The second kappa shape index (κ2) is 9.77. The summed E-state index contributed by atoms with van der Waals surface area (Å²) in [5, 5.41) is 3.91. The van der Waals surface area contributed by atoms with Gasteiger partial charge in [0.25, 0.3) is 0 Å². The van der Waals surface area contributed by atoms with E-state index in [0.717, 1.165) is 46.7 Å². The Kier molecular flexibility index (Phi) is 6.93. The lowest BCUT2D eigenvalue weighted by Crippen LogP contribution is -2.16. The first-order chi connectivity index (χ1) is 16.5. The highest BCUT2D eigenvalue weighted by atomic mass is 32.1. The normalized spacial score (nSPS) is 12.2. The topological polar surface area (TPSA) is 47.0 Å². The smallest absolute Gasteiger partial charge is 0.406 e. The Morgan fingerprint density at radius 2 is 1.54 bits per heavy atom. The van der Waals surface area contributed by atoms with E-state index in [-0.39, 0.29) is 5.75 Å². The number of benzene rings is 2. The van der Waals surface area contributed by atoms with Crippen LogP contribution in [0.2, 0.25) is 0 Å². The van der Waals surface area contributed by atoms with Crippen LogP contribution in [0.1, 0.15) is 29.6 Å². The second-order valence-electron chi connectivity index (χ2n) is 8.16. The van der Waals surface area contributed by atoms with Crippen LogP contribution in [0.5, 0.6) is 5.75 Å². The van der Waals surface area contributed by atoms with Crippen LogP contribution in [-0.2, 0) is 12.3 Å². The number of aromatic nitrogens is 2. The van der Waals surface area contributed by atoms with Gasteiger partial charge in [-0.05, 0) is 54.7 Å². The van der Waals surface area contributed by atoms with Crippen LogP contribution in [-0.4, -0.2) is 22.9 Å². The molecule has 0 radical (unpaired) electrons. The van der Waals surface area contributed by atoms with Crippen LogP contribution >= 0.6 is 11.3 Å². The lowest BCUT2D eigenvalue weighted by atomic mass is 10.0. The molecule has 2 heterocycles. The Morgan fingerprint density at radius 3 is 2.14 bits per heavy atom. The maximum atomic E-state index is 13.8. The van der Waals surface area contributed by atoms with Crippen LogP contribution in [0.25, 0.3) is 21.3 Å². The molecule has 0 aliphatic carbocycles. The summed E-state index contributed by atoms with van der Waals surface area (Å²) in [5.41, 5.74) is 2.72. The van der Waals surface area contributed by atoms with Gasteiger partial charge < -0.3 is 10.1 Å². The highest BCUT2D eigenvalue weighted by Crippen LogP contribution is 2.33. The minimum absolute atomic E-state index is 0.265. The zero-order valence-electron chi connectivity index (χ0n) is 18.9. The third-order valence-corrected chi connectivity index (χ3v) is 6.16. The third-order valence-electron chi connectivity index (χ3n) is 5.22. The van der Waals surface area contributed by atoms with Crippen LogP contribution in [0, 0.1) is 6.92 Å². The maximum Gasteiger partial charge on any atom is 0.573 e. The van der Waals surface area contributed by atoms with Crippen molar-refractivity contribution in [3.05, 3.63) is 70.9 Å². The number of anilines is 1. The fourth-order valence-electron chi connectivity index (χ4n) is 3.59. The Hall–Kier alpha value is -3.27. The Morgan fingerprint density at radius 1 is 0.914 bits per heavy atom. The van der Waals surface area contributed by atoms with Crippen molar-refractivity contribution in [1.29, 1.82) is 0 Å². The van der Waals surface area contributed by atoms with E-state index >= 15 is 0 Å². The first kappa shape index (κ1) is 24.8. The maximum absolute atomic E-state index is 13.8. The molecule has 0 fully saturated rings. The Labute approximate surface area is 202 Å². The van der Waals surface area contributed by atoms with Crippen molar-refractivity contribution in [1.82, 2.24) is 9.97 Å². The van der Waals surface area contributed by atoms with Crippen molar-refractivity contribution in [2.45, 2.75) is 39.0 Å². The lowest BCUT2D eigenvalue weighted by molar-refractivity contribution is -0.274. The first-order valence-corrected chi connectivity index (χ1v) is 11.6. The monoisotopic (exact) mass is 507 g/mol. The molecule has 10 heteroatoms. The molecule has 0 saturated carbocycles. The van der Waals surface area contributed by atoms with Crippen LogP contribution in [0.15, 0.2) is 54.6 Å². The standard InChI is InChI=1S/C25H22F5N3OS/c1-15-14-20-21(32-23(24(2,26)27)33-22(20)35-15)31-13-3-4-16-5-7-17(8-6-16)18-9-11-19(12-10-18)34-25(28,29)30/h5-12,14H,3-4,13H2,1-2H3,(H,31,32,33). The fraction of sp³-hybridized carbons (Fsp3) is 0.280. The predicted molar refractivity (Wildman–Crippen MR) is 127 cm³/mol. The average Bonchev–Trinajstić information content (AvgIpc) is 3.16. The van der Waals surface area contributed by atoms with Crippen molar-refractivity contribution in [2.75, 3.05) is 11.9 Å². The van der Waals surface area contributed by atoms with Crippen molar-refractivity contribution in [2.24, 2.45) is 0 Å². The predicted octanol–water partition coefficient (Wildman–Crippen LogP) is 7.72. The van der Waals surface area contributed by atoms with Gasteiger partial charge in [0.05, 0.1) is 5.39 Å². The molecule has 0 aliphatic heterocycles. The average molecular weight is 508 g/mol. The van der Waals surface area contributed by atoms with Gasteiger partial charge in [0, 0.05) is 18.3 Å². The van der Waals surface area contributed by atoms with Crippen molar-refractivity contribution < 1.29 is 26.7 Å². The molecule has 4 aromatic rings. The Bertz CT molecular complexity index is 1300. The molecular formula is C25H22F5N3OS. The van der Waals surface area contributed by atoms with Gasteiger partial charge >= 0.3 is 12.3 Å². The van der Waals surface area contributed by atoms with E-state index in [1.807, 2.05) is 37.3 Å². The molecule has 0 saturated heterocycles. The largest absolute Gasteiger partial charge is 0.573 e. The summed E-state index contributed by atoms with van der Waals surface area (Å²) in [6.45, 7) is 3.22. The second-order valence-corrected chi connectivity index (χ2v) is 9.39. The minimum Gasteiger partial charge on any atom is -0.406 e. The molecule has 184 valence electrons. The quantitative estimate of drug-likeness (QED) is 0.196. The highest BCUT2D eigenvalue weighted by molar-refractivity contribution is 7.18. The number of fused-ring (bicyclic) bond motifs is 1. The molecule has 2 aromatic heterocycles.